The van der Waals surface area contributed by atoms with Crippen LogP contribution in [0.5, 0.6) is 5.75 Å². The van der Waals surface area contributed by atoms with Crippen molar-refractivity contribution >= 4 is 16.9 Å². The highest BCUT2D eigenvalue weighted by atomic mass is 19.1. The number of halogens is 1. The molecule has 0 aliphatic heterocycles. The minimum Gasteiger partial charge on any atom is -0.487 e. The lowest BCUT2D eigenvalue weighted by atomic mass is 9.96. The molecule has 0 spiro atoms. The van der Waals surface area contributed by atoms with Gasteiger partial charge in [-0.05, 0) is 60.0 Å². The lowest BCUT2D eigenvalue weighted by molar-refractivity contribution is 0.100. The third-order valence-electron chi connectivity index (χ3n) is 5.10. The van der Waals surface area contributed by atoms with Gasteiger partial charge in [0.05, 0.1) is 11.7 Å². The van der Waals surface area contributed by atoms with Gasteiger partial charge >= 0.3 is 0 Å². The summed E-state index contributed by atoms with van der Waals surface area (Å²) in [6.07, 6.45) is 3.02. The number of fused-ring (bicyclic) bond motifs is 1. The van der Waals surface area contributed by atoms with E-state index in [0.717, 1.165) is 19.3 Å². The first kappa shape index (κ1) is 17.4. The topological polar surface area (TPSA) is 120 Å². The number of primary amides is 1. The van der Waals surface area contributed by atoms with Crippen LogP contribution in [0, 0.1) is 5.82 Å². The van der Waals surface area contributed by atoms with E-state index in [2.05, 4.69) is 20.6 Å². The van der Waals surface area contributed by atoms with E-state index in [-0.39, 0.29) is 23.2 Å². The smallest absolute Gasteiger partial charge is 0.253 e. The maximum absolute atomic E-state index is 14.6. The number of ether oxygens (including phenoxy) is 1. The van der Waals surface area contributed by atoms with Crippen LogP contribution in [0.1, 0.15) is 29.6 Å². The number of nitrogens with two attached hydrogens (primary N) is 1. The second kappa shape index (κ2) is 6.69. The van der Waals surface area contributed by atoms with Gasteiger partial charge < -0.3 is 14.9 Å². The van der Waals surface area contributed by atoms with Gasteiger partial charge in [-0.2, -0.15) is 0 Å². The lowest BCUT2D eigenvalue weighted by Gasteiger charge is -2.26. The van der Waals surface area contributed by atoms with Crippen molar-refractivity contribution in [1.29, 1.82) is 0 Å². The molecule has 5 rings (SSSR count). The molecule has 1 fully saturated rings. The minimum atomic E-state index is -0.664. The Morgan fingerprint density at radius 1 is 1.21 bits per heavy atom. The Kier molecular flexibility index (Phi) is 4.01. The highest BCUT2D eigenvalue weighted by Gasteiger charge is 2.24. The van der Waals surface area contributed by atoms with Gasteiger partial charge in [0.25, 0.3) is 5.91 Å². The second-order valence-electron chi connectivity index (χ2n) is 6.95. The Morgan fingerprint density at radius 3 is 2.69 bits per heavy atom. The molecular weight excluding hydrogens is 377 g/mol. The molecule has 2 aromatic heterocycles. The lowest BCUT2D eigenvalue weighted by Crippen LogP contribution is -2.24. The Hall–Kier alpha value is -3.75. The number of benzene rings is 2. The van der Waals surface area contributed by atoms with E-state index in [0.29, 0.717) is 27.9 Å². The van der Waals surface area contributed by atoms with Crippen molar-refractivity contribution in [3.8, 4) is 28.5 Å². The molecule has 0 bridgehead atoms. The molecule has 9 heteroatoms. The van der Waals surface area contributed by atoms with Gasteiger partial charge in [0, 0.05) is 16.5 Å². The average Bonchev–Trinajstić information content (AvgIpc) is 3.32. The molecule has 2 aromatic carbocycles. The standard InChI is InChI=1S/C20H16FN5O3/c21-14-8-10(5-7-15(14)28-12-2-1-3-12)18-17(19(22)27)13-6-4-11(9-16(13)29-18)20-23-25-26-24-20/h4-9,12H,1-3H2,(H2,22,27)(H,23,24,25,26). The van der Waals surface area contributed by atoms with Crippen molar-refractivity contribution in [2.75, 3.05) is 0 Å². The van der Waals surface area contributed by atoms with Gasteiger partial charge in [0.15, 0.2) is 17.4 Å². The molecule has 0 radical (unpaired) electrons. The largest absolute Gasteiger partial charge is 0.487 e. The van der Waals surface area contributed by atoms with Crippen LogP contribution >= 0.6 is 0 Å². The van der Waals surface area contributed by atoms with Gasteiger partial charge in [-0.3, -0.25) is 4.79 Å². The number of aromatic amines is 1. The minimum absolute atomic E-state index is 0.0618. The molecule has 3 N–H and O–H groups in total. The number of H-pyrrole nitrogens is 1. The summed E-state index contributed by atoms with van der Waals surface area (Å²) in [5.74, 6) is -0.333. The summed E-state index contributed by atoms with van der Waals surface area (Å²) in [5.41, 5.74) is 7.28. The monoisotopic (exact) mass is 393 g/mol. The van der Waals surface area contributed by atoms with E-state index in [4.69, 9.17) is 14.9 Å². The Labute approximate surface area is 163 Å². The van der Waals surface area contributed by atoms with Crippen LogP contribution in [0.3, 0.4) is 0 Å². The molecule has 1 amide bonds. The van der Waals surface area contributed by atoms with Crippen LogP contribution in [0.15, 0.2) is 40.8 Å². The quantitative estimate of drug-likeness (QED) is 0.536. The highest BCUT2D eigenvalue weighted by molar-refractivity contribution is 6.11. The van der Waals surface area contributed by atoms with E-state index in [9.17, 15) is 9.18 Å². The van der Waals surface area contributed by atoms with Gasteiger partial charge in [0.1, 0.15) is 11.3 Å². The summed E-state index contributed by atoms with van der Waals surface area (Å²) in [4.78, 5) is 12.1. The molecule has 0 saturated heterocycles. The molecular formula is C20H16FN5O3. The van der Waals surface area contributed by atoms with Crippen molar-refractivity contribution in [1.82, 2.24) is 20.6 Å². The van der Waals surface area contributed by atoms with Crippen molar-refractivity contribution in [3.63, 3.8) is 0 Å². The van der Waals surface area contributed by atoms with Crippen LogP contribution < -0.4 is 10.5 Å². The normalized spacial score (nSPS) is 14.1. The summed E-state index contributed by atoms with van der Waals surface area (Å²) in [6.45, 7) is 0. The maximum Gasteiger partial charge on any atom is 0.253 e. The zero-order valence-corrected chi connectivity index (χ0v) is 15.2. The number of hydrogen-bond acceptors (Lipinski definition) is 6. The number of furan rings is 1. The van der Waals surface area contributed by atoms with E-state index >= 15 is 0 Å². The number of hydrogen-bond donors (Lipinski definition) is 2. The molecule has 29 heavy (non-hydrogen) atoms. The molecule has 4 aromatic rings. The van der Waals surface area contributed by atoms with Crippen molar-refractivity contribution < 1.29 is 18.3 Å². The Morgan fingerprint density at radius 2 is 2.03 bits per heavy atom. The molecule has 146 valence electrons. The summed E-state index contributed by atoms with van der Waals surface area (Å²) in [7, 11) is 0. The number of tetrazole rings is 1. The predicted octanol–water partition coefficient (Wildman–Crippen LogP) is 3.45. The van der Waals surface area contributed by atoms with E-state index < -0.39 is 11.7 Å². The highest BCUT2D eigenvalue weighted by Crippen LogP contribution is 2.37. The van der Waals surface area contributed by atoms with Crippen molar-refractivity contribution in [3.05, 3.63) is 47.8 Å². The van der Waals surface area contributed by atoms with E-state index in [1.54, 1.807) is 30.3 Å². The first-order valence-electron chi connectivity index (χ1n) is 9.17. The first-order valence-corrected chi connectivity index (χ1v) is 9.17. The SMILES string of the molecule is NC(=O)c1c(-c2ccc(OC3CCC3)c(F)c2)oc2cc(-c3nnn[nH]3)ccc12. The summed E-state index contributed by atoms with van der Waals surface area (Å²) in [5, 5.41) is 14.1. The van der Waals surface area contributed by atoms with Gasteiger partial charge in [-0.25, -0.2) is 9.49 Å². The molecule has 0 atom stereocenters. The van der Waals surface area contributed by atoms with Crippen molar-refractivity contribution in [2.45, 2.75) is 25.4 Å². The summed E-state index contributed by atoms with van der Waals surface area (Å²) >= 11 is 0. The average molecular weight is 393 g/mol. The van der Waals surface area contributed by atoms with Gasteiger partial charge in [-0.1, -0.05) is 6.07 Å². The zero-order valence-electron chi connectivity index (χ0n) is 15.2. The Bertz CT molecular complexity index is 1210. The van der Waals surface area contributed by atoms with Gasteiger partial charge in [-0.15, -0.1) is 5.10 Å². The third-order valence-corrected chi connectivity index (χ3v) is 5.10. The maximum atomic E-state index is 14.6. The molecule has 1 aliphatic rings. The van der Waals surface area contributed by atoms with E-state index in [1.165, 1.54) is 6.07 Å². The van der Waals surface area contributed by atoms with E-state index in [1.807, 2.05) is 0 Å². The molecule has 1 aliphatic carbocycles. The number of nitrogens with one attached hydrogen (secondary N) is 1. The Balaban J connectivity index is 1.59. The van der Waals surface area contributed by atoms with Gasteiger partial charge in [0.2, 0.25) is 0 Å². The van der Waals surface area contributed by atoms with Crippen molar-refractivity contribution in [2.24, 2.45) is 5.73 Å². The molecule has 8 nitrogen and oxygen atoms in total. The third kappa shape index (κ3) is 3.00. The van der Waals surface area contributed by atoms with Crippen LogP contribution in [0.4, 0.5) is 4.39 Å². The van der Waals surface area contributed by atoms with Crippen LogP contribution in [0.2, 0.25) is 0 Å². The fourth-order valence-corrected chi connectivity index (χ4v) is 3.38. The fraction of sp³-hybridized carbons (Fsp3) is 0.200. The van der Waals surface area contributed by atoms with Crippen LogP contribution in [-0.2, 0) is 0 Å². The van der Waals surface area contributed by atoms with Crippen LogP contribution in [-0.4, -0.2) is 32.6 Å². The number of rotatable bonds is 5. The first-order chi connectivity index (χ1) is 14.1. The summed E-state index contributed by atoms with van der Waals surface area (Å²) in [6, 6.07) is 9.63. The predicted molar refractivity (Wildman–Crippen MR) is 102 cm³/mol. The summed E-state index contributed by atoms with van der Waals surface area (Å²) < 4.78 is 26.1. The second-order valence-corrected chi connectivity index (χ2v) is 6.95. The molecule has 2 heterocycles. The molecule has 1 saturated carbocycles. The number of nitrogens with zero attached hydrogens (tertiary/aromatic N) is 3. The number of aromatic nitrogens is 4. The fourth-order valence-electron chi connectivity index (χ4n) is 3.38. The number of carbonyl (C=O) groups excluding carboxylic acids is 1. The number of carbonyl (C=O) groups is 1. The number of amides is 1. The van der Waals surface area contributed by atoms with Crippen LogP contribution in [0.25, 0.3) is 33.7 Å². The molecule has 0 unspecified atom stereocenters. The zero-order chi connectivity index (χ0) is 20.0.